The topological polar surface area (TPSA) is 105 Å². The van der Waals surface area contributed by atoms with Gasteiger partial charge >= 0.3 is 0 Å². The average Bonchev–Trinajstić information content (AvgIpc) is 3.40. The number of hydrogen-bond donors (Lipinski definition) is 2. The fourth-order valence-corrected chi connectivity index (χ4v) is 8.52. The summed E-state index contributed by atoms with van der Waals surface area (Å²) in [6.07, 6.45) is 12.3. The highest BCUT2D eigenvalue weighted by molar-refractivity contribution is 6.15. The van der Waals surface area contributed by atoms with Crippen molar-refractivity contribution in [2.45, 2.75) is 44.1 Å². The molecule has 2 fully saturated rings. The molecule has 394 valence electrons. The minimum absolute atomic E-state index is 0.0851. The summed E-state index contributed by atoms with van der Waals surface area (Å²) in [6.45, 7) is 0.710. The molecule has 0 radical (unpaired) electrons. The maximum absolute atomic E-state index is 13.8. The highest BCUT2D eigenvalue weighted by Gasteiger charge is 2.31. The number of ether oxygens (including phenoxy) is 1. The predicted octanol–water partition coefficient (Wildman–Crippen LogP) is 12.6. The smallest absolute Gasteiger partial charge is 0.251 e. The van der Waals surface area contributed by atoms with E-state index in [1.807, 2.05) is 31.1 Å². The molecular weight excluding hydrogens is 1010 g/mol. The largest absolute Gasteiger partial charge is 0.481 e. The Hall–Kier alpha value is -8.68. The molecule has 0 atom stereocenters. The molecule has 0 spiro atoms. The van der Waals surface area contributed by atoms with Crippen LogP contribution in [0.1, 0.15) is 76.2 Å². The Morgan fingerprint density at radius 3 is 1.35 bits per heavy atom. The minimum Gasteiger partial charge on any atom is -0.481 e. The lowest BCUT2D eigenvalue weighted by Gasteiger charge is -2.27. The first-order chi connectivity index (χ1) is 36.8. The molecule has 6 aromatic rings. The van der Waals surface area contributed by atoms with Crippen LogP contribution in [-0.2, 0) is 14.4 Å². The third-order valence-electron chi connectivity index (χ3n) is 12.4. The number of hydrogen-bond acceptors (Lipinski definition) is 6. The number of Topliss-reactive ketones (excluding diaryl/α,β-unsaturated/α-hetero) is 2. The van der Waals surface area contributed by atoms with Gasteiger partial charge in [0, 0.05) is 52.6 Å². The number of nitrogens with zero attached hydrogens (tertiary/aromatic N) is 1. The van der Waals surface area contributed by atoms with Crippen molar-refractivity contribution in [3.05, 3.63) is 224 Å². The lowest BCUT2D eigenvalue weighted by atomic mass is 9.76. The van der Waals surface area contributed by atoms with E-state index in [0.717, 1.165) is 54.1 Å². The number of nitrogens with one attached hydrogen (secondary N) is 2. The first-order valence-electron chi connectivity index (χ1n) is 24.1. The van der Waals surface area contributed by atoms with E-state index in [9.17, 15) is 54.3 Å². The standard InChI is InChI=1S/C31H28F4N2O2.C30H21F4NO3/c1-37(2)12-11-30(38)36-25-7-5-21(6-8-25)22-17-23(13-19-3-9-26(32)28(34)15-19)31(39)24(18-22)14-20-4-10-27(33)29(35)16-20;1-2-11-38-24-7-5-20(6-8-24)30(37)35-23-16-21(12-18-3-9-25(31)27(33)14-18)29(36)22(17-23)13-19-4-10-26(32)28(34)15-19/h3-10,13-16,22H,11-12,17-18H2,1-2H3,(H,36,38);1,3-10,12-15,23H,11,16-17H2,(H,35,37)/b23-13+,24-14+;21-12+,22-13+. The van der Waals surface area contributed by atoms with E-state index in [-0.39, 0.29) is 59.3 Å². The Kier molecular flexibility index (Phi) is 18.7. The number of allylic oxidation sites excluding steroid dienone is 2. The van der Waals surface area contributed by atoms with Crippen molar-refractivity contribution in [1.29, 1.82) is 0 Å². The first-order valence-corrected chi connectivity index (χ1v) is 24.1. The van der Waals surface area contributed by atoms with Gasteiger partial charge in [0.05, 0.1) is 0 Å². The van der Waals surface area contributed by atoms with E-state index in [2.05, 4.69) is 16.6 Å². The first kappa shape index (κ1) is 56.1. The van der Waals surface area contributed by atoms with Gasteiger partial charge in [-0.1, -0.05) is 42.3 Å². The molecule has 0 saturated heterocycles. The number of anilines is 1. The van der Waals surface area contributed by atoms with Crippen LogP contribution in [0.2, 0.25) is 0 Å². The van der Waals surface area contributed by atoms with Gasteiger partial charge in [-0.25, -0.2) is 35.1 Å². The van der Waals surface area contributed by atoms with Crippen molar-refractivity contribution in [2.75, 3.05) is 32.6 Å². The molecule has 8 rings (SSSR count). The maximum atomic E-state index is 13.8. The maximum Gasteiger partial charge on any atom is 0.251 e. The molecule has 2 aliphatic carbocycles. The fourth-order valence-electron chi connectivity index (χ4n) is 8.52. The monoisotopic (exact) mass is 1060 g/mol. The number of carbonyl (C=O) groups excluding carboxylic acids is 4. The van der Waals surface area contributed by atoms with Crippen LogP contribution < -0.4 is 15.4 Å². The van der Waals surface area contributed by atoms with E-state index in [1.54, 1.807) is 36.4 Å². The van der Waals surface area contributed by atoms with E-state index < -0.39 is 64.3 Å². The van der Waals surface area contributed by atoms with Crippen LogP contribution in [0.4, 0.5) is 40.8 Å². The van der Waals surface area contributed by atoms with Crippen LogP contribution in [0.5, 0.6) is 5.75 Å². The molecule has 0 heterocycles. The Morgan fingerprint density at radius 2 is 0.974 bits per heavy atom. The third kappa shape index (κ3) is 15.5. The van der Waals surface area contributed by atoms with Crippen molar-refractivity contribution in [3.8, 4) is 18.1 Å². The number of rotatable bonds is 13. The normalized spacial score (nSPS) is 17.5. The van der Waals surface area contributed by atoms with Crippen molar-refractivity contribution < 1.29 is 59.0 Å². The number of amides is 2. The molecule has 6 aromatic carbocycles. The Bertz CT molecular complexity index is 3230. The van der Waals surface area contributed by atoms with E-state index >= 15 is 0 Å². The summed E-state index contributed by atoms with van der Waals surface area (Å²) >= 11 is 0. The van der Waals surface area contributed by atoms with Gasteiger partial charge in [0.25, 0.3) is 5.91 Å². The van der Waals surface area contributed by atoms with Gasteiger partial charge in [0.2, 0.25) is 5.91 Å². The fraction of sp³-hybridized carbons (Fsp3) is 0.180. The highest BCUT2D eigenvalue weighted by atomic mass is 19.2. The van der Waals surface area contributed by atoms with Gasteiger partial charge in [0.1, 0.15) is 12.4 Å². The van der Waals surface area contributed by atoms with Crippen molar-refractivity contribution in [1.82, 2.24) is 10.2 Å². The van der Waals surface area contributed by atoms with Crippen LogP contribution >= 0.6 is 0 Å². The van der Waals surface area contributed by atoms with E-state index in [0.29, 0.717) is 65.1 Å². The molecule has 16 heteroatoms. The second-order valence-corrected chi connectivity index (χ2v) is 18.5. The summed E-state index contributed by atoms with van der Waals surface area (Å²) in [7, 11) is 3.78. The number of benzene rings is 6. The van der Waals surface area contributed by atoms with Crippen LogP contribution in [0.15, 0.2) is 144 Å². The summed E-state index contributed by atoms with van der Waals surface area (Å²) in [5.74, 6) is -6.75. The molecule has 2 amide bonds. The zero-order valence-corrected chi connectivity index (χ0v) is 41.6. The van der Waals surface area contributed by atoms with E-state index in [1.165, 1.54) is 48.6 Å². The van der Waals surface area contributed by atoms with Gasteiger partial charge in [-0.2, -0.15) is 0 Å². The molecule has 0 unspecified atom stereocenters. The zero-order chi connectivity index (χ0) is 55.3. The molecule has 0 bridgehead atoms. The van der Waals surface area contributed by atoms with Crippen LogP contribution in [0.25, 0.3) is 24.3 Å². The third-order valence-corrected chi connectivity index (χ3v) is 12.4. The summed E-state index contributed by atoms with van der Waals surface area (Å²) in [4.78, 5) is 53.6. The Balaban J connectivity index is 0.000000224. The average molecular weight is 1060 g/mol. The van der Waals surface area contributed by atoms with Gasteiger partial charge in [-0.3, -0.25) is 19.2 Å². The summed E-state index contributed by atoms with van der Waals surface area (Å²) in [5.41, 5.74) is 4.31. The summed E-state index contributed by atoms with van der Waals surface area (Å²) in [5, 5.41) is 5.74. The number of ketones is 2. The van der Waals surface area contributed by atoms with Crippen LogP contribution in [0.3, 0.4) is 0 Å². The summed E-state index contributed by atoms with van der Waals surface area (Å²) < 4.78 is 114. The summed E-state index contributed by atoms with van der Waals surface area (Å²) in [6, 6.07) is 26.3. The lowest BCUT2D eigenvalue weighted by molar-refractivity contribution is -0.116. The molecule has 0 aromatic heterocycles. The Morgan fingerprint density at radius 1 is 0.571 bits per heavy atom. The molecule has 8 nitrogen and oxygen atoms in total. The van der Waals surface area contributed by atoms with Gasteiger partial charge in [0.15, 0.2) is 58.1 Å². The predicted molar refractivity (Wildman–Crippen MR) is 279 cm³/mol. The number of halogens is 8. The molecular formula is C61H49F8N3O5. The SMILES string of the molecule is C#CCOc1ccc(C(=O)NC2C/C(=C\c3ccc(F)c(F)c3)C(=O)/C(=C/c3ccc(F)c(F)c3)C2)cc1.CN(C)CCC(=O)Nc1ccc(C2C/C(=C\c3ccc(F)c(F)c3)C(=O)/C(=C/c3ccc(F)c(F)c3)C2)cc1. The van der Waals surface area contributed by atoms with Crippen LogP contribution in [-0.4, -0.2) is 61.6 Å². The van der Waals surface area contributed by atoms with Crippen molar-refractivity contribution in [2.24, 2.45) is 0 Å². The molecule has 2 saturated carbocycles. The molecule has 2 N–H and O–H groups in total. The lowest BCUT2D eigenvalue weighted by Crippen LogP contribution is -2.39. The number of terminal acetylenes is 1. The molecule has 0 aliphatic heterocycles. The minimum atomic E-state index is -1.07. The second kappa shape index (κ2) is 25.7. The van der Waals surface area contributed by atoms with Gasteiger partial charge in [-0.05, 0) is 183 Å². The van der Waals surface area contributed by atoms with Crippen molar-refractivity contribution >= 4 is 53.4 Å². The van der Waals surface area contributed by atoms with Gasteiger partial charge < -0.3 is 20.3 Å². The van der Waals surface area contributed by atoms with Crippen LogP contribution in [0, 0.1) is 58.9 Å². The molecule has 2 aliphatic rings. The quantitative estimate of drug-likeness (QED) is 0.0678. The van der Waals surface area contributed by atoms with Crippen molar-refractivity contribution in [3.63, 3.8) is 0 Å². The Labute approximate surface area is 439 Å². The number of carbonyl (C=O) groups is 4. The second-order valence-electron chi connectivity index (χ2n) is 18.5. The molecule has 77 heavy (non-hydrogen) atoms. The zero-order valence-electron chi connectivity index (χ0n) is 41.6. The van der Waals surface area contributed by atoms with E-state index in [4.69, 9.17) is 11.2 Å². The van der Waals surface area contributed by atoms with Gasteiger partial charge in [-0.15, -0.1) is 6.42 Å². The highest BCUT2D eigenvalue weighted by Crippen LogP contribution is 2.39.